The Hall–Kier alpha value is -1.68. The maximum atomic E-state index is 5.55. The van der Waals surface area contributed by atoms with Gasteiger partial charge in [-0.25, -0.2) is 9.97 Å². The van der Waals surface area contributed by atoms with E-state index in [9.17, 15) is 0 Å². The summed E-state index contributed by atoms with van der Waals surface area (Å²) in [7, 11) is 0. The molecule has 0 radical (unpaired) electrons. The molecule has 4 heteroatoms. The van der Waals surface area contributed by atoms with Gasteiger partial charge in [0.05, 0.1) is 11.8 Å². The minimum atomic E-state index is 0.696. The topological polar surface area (TPSA) is 64.9 Å². The molecule has 0 aliphatic rings. The molecule has 18 heavy (non-hydrogen) atoms. The van der Waals surface area contributed by atoms with Crippen molar-refractivity contribution in [1.82, 2.24) is 9.97 Å². The Bertz CT molecular complexity index is 523. The molecule has 0 unspecified atom stereocenters. The van der Waals surface area contributed by atoms with Gasteiger partial charge >= 0.3 is 0 Å². The van der Waals surface area contributed by atoms with Crippen LogP contribution in [0.25, 0.3) is 11.4 Å². The van der Waals surface area contributed by atoms with Crippen LogP contribution < -0.4 is 5.73 Å². The van der Waals surface area contributed by atoms with E-state index >= 15 is 0 Å². The largest absolute Gasteiger partial charge is 0.469 e. The van der Waals surface area contributed by atoms with Gasteiger partial charge in [-0.3, -0.25) is 0 Å². The van der Waals surface area contributed by atoms with E-state index in [0.717, 1.165) is 41.4 Å². The van der Waals surface area contributed by atoms with Crippen LogP contribution in [0.5, 0.6) is 0 Å². The van der Waals surface area contributed by atoms with Gasteiger partial charge in [0, 0.05) is 11.4 Å². The molecule has 2 rings (SSSR count). The lowest BCUT2D eigenvalue weighted by molar-refractivity contribution is 0.535. The first-order valence-corrected chi connectivity index (χ1v) is 6.22. The molecule has 2 N–H and O–H groups in total. The van der Waals surface area contributed by atoms with Gasteiger partial charge in [0.2, 0.25) is 0 Å². The van der Waals surface area contributed by atoms with Crippen LogP contribution in [0, 0.1) is 20.8 Å². The van der Waals surface area contributed by atoms with Gasteiger partial charge in [0.15, 0.2) is 5.82 Å². The zero-order valence-corrected chi connectivity index (χ0v) is 11.2. The molecule has 0 atom stereocenters. The van der Waals surface area contributed by atoms with E-state index in [4.69, 9.17) is 10.2 Å². The van der Waals surface area contributed by atoms with Crippen molar-refractivity contribution in [3.05, 3.63) is 35.0 Å². The van der Waals surface area contributed by atoms with Crippen molar-refractivity contribution in [2.24, 2.45) is 5.73 Å². The molecule has 0 aliphatic carbocycles. The molecule has 0 saturated heterocycles. The van der Waals surface area contributed by atoms with Crippen LogP contribution in [-0.2, 0) is 6.42 Å². The first kappa shape index (κ1) is 12.8. The Morgan fingerprint density at radius 2 is 1.83 bits per heavy atom. The van der Waals surface area contributed by atoms with Crippen LogP contribution in [0.3, 0.4) is 0 Å². The third-order valence-electron chi connectivity index (χ3n) is 3.15. The summed E-state index contributed by atoms with van der Waals surface area (Å²) in [5.41, 5.74) is 9.80. The van der Waals surface area contributed by atoms with Crippen LogP contribution >= 0.6 is 0 Å². The molecular weight excluding hydrogens is 226 g/mol. The first-order valence-electron chi connectivity index (χ1n) is 6.22. The van der Waals surface area contributed by atoms with Crippen molar-refractivity contribution in [2.45, 2.75) is 33.6 Å². The van der Waals surface area contributed by atoms with E-state index in [1.165, 1.54) is 5.56 Å². The molecule has 0 saturated carbocycles. The Labute approximate surface area is 107 Å². The fraction of sp³-hybridized carbons (Fsp3) is 0.429. The molecule has 0 amide bonds. The van der Waals surface area contributed by atoms with Gasteiger partial charge in [0.25, 0.3) is 0 Å². The van der Waals surface area contributed by atoms with Crippen LogP contribution in [0.4, 0.5) is 0 Å². The van der Waals surface area contributed by atoms with Gasteiger partial charge < -0.3 is 10.2 Å². The molecule has 2 aromatic heterocycles. The Kier molecular flexibility index (Phi) is 3.77. The molecule has 2 heterocycles. The van der Waals surface area contributed by atoms with Crippen molar-refractivity contribution in [3.63, 3.8) is 0 Å². The summed E-state index contributed by atoms with van der Waals surface area (Å²) in [5, 5.41) is 0. The van der Waals surface area contributed by atoms with E-state index in [0.29, 0.717) is 6.54 Å². The quantitative estimate of drug-likeness (QED) is 0.899. The molecular formula is C14H19N3O. The van der Waals surface area contributed by atoms with Gasteiger partial charge in [-0.2, -0.15) is 0 Å². The minimum Gasteiger partial charge on any atom is -0.469 e. The maximum Gasteiger partial charge on any atom is 0.163 e. The van der Waals surface area contributed by atoms with E-state index < -0.39 is 0 Å². The van der Waals surface area contributed by atoms with Crippen molar-refractivity contribution >= 4 is 0 Å². The lowest BCUT2D eigenvalue weighted by atomic mass is 10.1. The molecule has 96 valence electrons. The highest BCUT2D eigenvalue weighted by atomic mass is 16.3. The van der Waals surface area contributed by atoms with E-state index in [-0.39, 0.29) is 0 Å². The SMILES string of the molecule is Cc1nc(-c2ccoc2C)nc(C)c1CCCN. The Morgan fingerprint density at radius 3 is 2.33 bits per heavy atom. The van der Waals surface area contributed by atoms with Gasteiger partial charge in [-0.15, -0.1) is 0 Å². The number of rotatable bonds is 4. The second-order valence-corrected chi connectivity index (χ2v) is 4.48. The average Bonchev–Trinajstić information content (AvgIpc) is 2.74. The third-order valence-corrected chi connectivity index (χ3v) is 3.15. The number of nitrogens with zero attached hydrogens (tertiary/aromatic N) is 2. The number of furan rings is 1. The summed E-state index contributed by atoms with van der Waals surface area (Å²) in [6.07, 6.45) is 3.58. The van der Waals surface area contributed by atoms with Gasteiger partial charge in [-0.05, 0) is 51.8 Å². The standard InChI is InChI=1S/C14H19N3O/c1-9-12(5-4-7-15)10(2)17-14(16-9)13-6-8-18-11(13)3/h6,8H,4-5,7,15H2,1-3H3. The number of hydrogen-bond donors (Lipinski definition) is 1. The van der Waals surface area contributed by atoms with E-state index in [2.05, 4.69) is 9.97 Å². The van der Waals surface area contributed by atoms with Gasteiger partial charge in [-0.1, -0.05) is 0 Å². The second-order valence-electron chi connectivity index (χ2n) is 4.48. The van der Waals surface area contributed by atoms with Crippen molar-refractivity contribution in [1.29, 1.82) is 0 Å². The van der Waals surface area contributed by atoms with Crippen LogP contribution in [0.1, 0.15) is 29.1 Å². The first-order chi connectivity index (χ1) is 8.63. The molecule has 0 spiro atoms. The number of hydrogen-bond acceptors (Lipinski definition) is 4. The highest BCUT2D eigenvalue weighted by Crippen LogP contribution is 2.23. The zero-order valence-electron chi connectivity index (χ0n) is 11.2. The van der Waals surface area contributed by atoms with E-state index in [1.807, 2.05) is 26.8 Å². The molecule has 0 fully saturated rings. The smallest absolute Gasteiger partial charge is 0.163 e. The zero-order chi connectivity index (χ0) is 13.1. The molecule has 4 nitrogen and oxygen atoms in total. The van der Waals surface area contributed by atoms with Crippen LogP contribution in [0.2, 0.25) is 0 Å². The van der Waals surface area contributed by atoms with Gasteiger partial charge in [0.1, 0.15) is 5.76 Å². The number of aromatic nitrogens is 2. The monoisotopic (exact) mass is 245 g/mol. The maximum absolute atomic E-state index is 5.55. The second kappa shape index (κ2) is 5.31. The minimum absolute atomic E-state index is 0.696. The van der Waals surface area contributed by atoms with Crippen LogP contribution in [-0.4, -0.2) is 16.5 Å². The lowest BCUT2D eigenvalue weighted by Gasteiger charge is -2.10. The lowest BCUT2D eigenvalue weighted by Crippen LogP contribution is -2.06. The highest BCUT2D eigenvalue weighted by molar-refractivity contribution is 5.57. The number of nitrogens with two attached hydrogens (primary N) is 1. The van der Waals surface area contributed by atoms with Crippen molar-refractivity contribution in [2.75, 3.05) is 6.54 Å². The Balaban J connectivity index is 2.39. The average molecular weight is 245 g/mol. The molecule has 0 aromatic carbocycles. The highest BCUT2D eigenvalue weighted by Gasteiger charge is 2.12. The predicted octanol–water partition coefficient (Wildman–Crippen LogP) is 2.55. The summed E-state index contributed by atoms with van der Waals surface area (Å²) >= 11 is 0. The van der Waals surface area contributed by atoms with Crippen molar-refractivity contribution in [3.8, 4) is 11.4 Å². The summed E-state index contributed by atoms with van der Waals surface area (Å²) < 4.78 is 5.30. The summed E-state index contributed by atoms with van der Waals surface area (Å²) in [5.74, 6) is 1.59. The van der Waals surface area contributed by atoms with E-state index in [1.54, 1.807) is 6.26 Å². The summed E-state index contributed by atoms with van der Waals surface area (Å²) in [6.45, 7) is 6.67. The molecule has 0 aliphatic heterocycles. The third kappa shape index (κ3) is 2.43. The Morgan fingerprint density at radius 1 is 1.17 bits per heavy atom. The predicted molar refractivity (Wildman–Crippen MR) is 71.3 cm³/mol. The fourth-order valence-electron chi connectivity index (χ4n) is 2.12. The fourth-order valence-corrected chi connectivity index (χ4v) is 2.12. The summed E-state index contributed by atoms with van der Waals surface area (Å²) in [6, 6.07) is 1.91. The number of aryl methyl sites for hydroxylation is 3. The van der Waals surface area contributed by atoms with Crippen LogP contribution in [0.15, 0.2) is 16.7 Å². The molecule has 0 bridgehead atoms. The normalized spacial score (nSPS) is 10.9. The summed E-state index contributed by atoms with van der Waals surface area (Å²) in [4.78, 5) is 9.16. The van der Waals surface area contributed by atoms with Crippen molar-refractivity contribution < 1.29 is 4.42 Å². The molecule has 2 aromatic rings.